The molecule has 2 aliphatic rings. The van der Waals surface area contributed by atoms with E-state index in [1.54, 1.807) is 103 Å². The Morgan fingerprint density at radius 1 is 0.444 bits per heavy atom. The van der Waals surface area contributed by atoms with Crippen LogP contribution in [0.4, 0.5) is 11.4 Å². The van der Waals surface area contributed by atoms with Crippen molar-refractivity contribution in [2.45, 2.75) is 20.1 Å². The maximum absolute atomic E-state index is 13.8. The Balaban J connectivity index is 0.832. The third-order valence-corrected chi connectivity index (χ3v) is 10.7. The highest BCUT2D eigenvalue weighted by Gasteiger charge is 2.39. The molecular weight excluding hydrogens is 793 g/mol. The molecule has 10 nitrogen and oxygen atoms in total. The number of carbonyl (C=O) groups excluding carboxylic acids is 4. The number of carbonyl (C=O) groups is 4. The molecule has 0 fully saturated rings. The summed E-state index contributed by atoms with van der Waals surface area (Å²) in [5.74, 6) is 0.805. The van der Waals surface area contributed by atoms with Gasteiger partial charge in [0.25, 0.3) is 23.6 Å². The van der Waals surface area contributed by atoms with Gasteiger partial charge in [-0.2, -0.15) is 0 Å². The molecule has 10 heteroatoms. The Bertz CT molecular complexity index is 2960. The molecule has 0 atom stereocenters. The number of fused-ring (bicyclic) bond motifs is 2. The summed E-state index contributed by atoms with van der Waals surface area (Å²) in [6.07, 6.45) is 3.54. The van der Waals surface area contributed by atoms with Gasteiger partial charge in [-0.3, -0.25) is 19.2 Å². The highest BCUT2D eigenvalue weighted by Crippen LogP contribution is 2.39. The van der Waals surface area contributed by atoms with E-state index in [9.17, 15) is 19.2 Å². The Morgan fingerprint density at radius 3 is 1.41 bits per heavy atom. The van der Waals surface area contributed by atoms with Gasteiger partial charge in [-0.1, -0.05) is 79.9 Å². The lowest BCUT2D eigenvalue weighted by Crippen LogP contribution is -2.29. The lowest BCUT2D eigenvalue weighted by Gasteiger charge is -2.19. The van der Waals surface area contributed by atoms with Gasteiger partial charge in [0.1, 0.15) is 47.7 Å². The van der Waals surface area contributed by atoms with Gasteiger partial charge in [-0.15, -0.1) is 0 Å². The minimum atomic E-state index is -0.490. The number of amides is 4. The van der Waals surface area contributed by atoms with Crippen molar-refractivity contribution in [1.29, 1.82) is 0 Å². The molecule has 308 valence electrons. The first-order valence-electron chi connectivity index (χ1n) is 20.1. The Morgan fingerprint density at radius 2 is 0.889 bits per heavy atom. The van der Waals surface area contributed by atoms with Crippen molar-refractivity contribution in [3.05, 3.63) is 215 Å². The number of hydrogen-bond donors (Lipinski definition) is 0. The highest BCUT2D eigenvalue weighted by atomic mass is 16.5. The zero-order valence-electron chi connectivity index (χ0n) is 34.1. The summed E-state index contributed by atoms with van der Waals surface area (Å²) in [6.45, 7) is 10.1. The molecular formula is C53H38N2O8. The molecule has 0 spiro atoms. The van der Waals surface area contributed by atoms with Gasteiger partial charge in [0.05, 0.1) is 33.6 Å². The average molecular weight is 831 g/mol. The van der Waals surface area contributed by atoms with Crippen LogP contribution in [0.3, 0.4) is 0 Å². The number of hydrogen-bond acceptors (Lipinski definition) is 8. The summed E-state index contributed by atoms with van der Waals surface area (Å²) >= 11 is 0. The smallest absolute Gasteiger partial charge is 0.266 e. The molecule has 0 bridgehead atoms. The van der Waals surface area contributed by atoms with Gasteiger partial charge in [-0.25, -0.2) is 9.80 Å². The van der Waals surface area contributed by atoms with Crippen LogP contribution in [0.25, 0.3) is 12.2 Å². The Hall–Kier alpha value is -8.50. The number of ether oxygens (including phenoxy) is 4. The lowest BCUT2D eigenvalue weighted by atomic mass is 10.1. The quantitative estimate of drug-likeness (QED) is 0.0996. The third-order valence-electron chi connectivity index (χ3n) is 10.7. The van der Waals surface area contributed by atoms with Crippen LogP contribution in [0.5, 0.6) is 34.5 Å². The van der Waals surface area contributed by atoms with E-state index in [2.05, 4.69) is 13.2 Å². The zero-order chi connectivity index (χ0) is 43.6. The van der Waals surface area contributed by atoms with E-state index < -0.39 is 23.6 Å². The molecule has 0 radical (unpaired) electrons. The molecule has 2 heterocycles. The molecule has 0 saturated carbocycles. The molecule has 9 rings (SSSR count). The first kappa shape index (κ1) is 39.9. The van der Waals surface area contributed by atoms with Crippen LogP contribution in [0, 0.1) is 6.92 Å². The van der Waals surface area contributed by atoms with Gasteiger partial charge >= 0.3 is 0 Å². The van der Waals surface area contributed by atoms with E-state index in [1.807, 2.05) is 67.6 Å². The van der Waals surface area contributed by atoms with Crippen molar-refractivity contribution in [3.8, 4) is 34.5 Å². The van der Waals surface area contributed by atoms with E-state index in [-0.39, 0.29) is 28.9 Å². The maximum Gasteiger partial charge on any atom is 0.266 e. The second-order valence-corrected chi connectivity index (χ2v) is 14.9. The topological polar surface area (TPSA) is 112 Å². The van der Waals surface area contributed by atoms with Crippen molar-refractivity contribution in [3.63, 3.8) is 0 Å². The summed E-state index contributed by atoms with van der Waals surface area (Å²) in [5.41, 5.74) is 6.58. The van der Waals surface area contributed by atoms with Gasteiger partial charge in [0, 0.05) is 0 Å². The molecule has 7 aromatic rings. The second-order valence-electron chi connectivity index (χ2n) is 14.9. The van der Waals surface area contributed by atoms with Crippen LogP contribution in [0.2, 0.25) is 0 Å². The average Bonchev–Trinajstić information content (AvgIpc) is 3.71. The molecule has 0 aliphatic carbocycles. The third kappa shape index (κ3) is 8.08. The maximum atomic E-state index is 13.8. The number of nitrogens with zero attached hydrogens (tertiary/aromatic N) is 2. The second kappa shape index (κ2) is 16.9. The molecule has 0 aromatic heterocycles. The molecule has 0 unspecified atom stereocenters. The van der Waals surface area contributed by atoms with Crippen molar-refractivity contribution in [2.24, 2.45) is 0 Å². The fraction of sp³-hybridized carbons (Fsp3) is 0.0566. The summed E-state index contributed by atoms with van der Waals surface area (Å²) < 4.78 is 24.2. The summed E-state index contributed by atoms with van der Waals surface area (Å²) in [6, 6.07) is 44.1. The van der Waals surface area contributed by atoms with Crippen molar-refractivity contribution in [2.75, 3.05) is 9.80 Å². The predicted molar refractivity (Wildman–Crippen MR) is 241 cm³/mol. The molecule has 4 amide bonds. The first-order chi connectivity index (χ1) is 30.6. The summed E-state index contributed by atoms with van der Waals surface area (Å²) in [7, 11) is 0. The van der Waals surface area contributed by atoms with Crippen LogP contribution >= 0.6 is 0 Å². The highest BCUT2D eigenvalue weighted by molar-refractivity contribution is 6.35. The normalized spacial score (nSPS) is 12.8. The van der Waals surface area contributed by atoms with Crippen LogP contribution in [-0.2, 0) is 13.2 Å². The summed E-state index contributed by atoms with van der Waals surface area (Å²) in [4.78, 5) is 56.7. The number of benzene rings is 7. The van der Waals surface area contributed by atoms with Crippen LogP contribution in [0.15, 0.2) is 165 Å². The van der Waals surface area contributed by atoms with Crippen LogP contribution in [-0.4, -0.2) is 23.6 Å². The summed E-state index contributed by atoms with van der Waals surface area (Å²) in [5, 5.41) is 0. The number of imide groups is 2. The monoisotopic (exact) mass is 830 g/mol. The molecule has 63 heavy (non-hydrogen) atoms. The minimum Gasteiger partial charge on any atom is -0.489 e. The number of aryl methyl sites for hydroxylation is 1. The van der Waals surface area contributed by atoms with E-state index in [0.717, 1.165) is 37.6 Å². The standard InChI is InChI=1S/C53H38N2O8/c1-4-34-7-11-36(12-8-34)31-60-39-17-15-38(16-18-39)54-50(56)44-25-23-42(29-46(44)52(54)58)62-40-19-21-41(22-20-40)63-43-24-26-45-47(30-43)53(59)55(51(45)57)48-27-6-33(3)28-49(48)61-32-37-13-9-35(5-2)10-14-37/h4-30H,1-2,31-32H2,3H3. The van der Waals surface area contributed by atoms with E-state index >= 15 is 0 Å². The van der Waals surface area contributed by atoms with E-state index in [4.69, 9.17) is 18.9 Å². The first-order valence-corrected chi connectivity index (χ1v) is 20.1. The van der Waals surface area contributed by atoms with E-state index in [0.29, 0.717) is 52.5 Å². The predicted octanol–water partition coefficient (Wildman–Crippen LogP) is 11.6. The largest absolute Gasteiger partial charge is 0.489 e. The van der Waals surface area contributed by atoms with Gasteiger partial charge < -0.3 is 18.9 Å². The Kier molecular flexibility index (Phi) is 10.7. The molecule has 2 aliphatic heterocycles. The van der Waals surface area contributed by atoms with Gasteiger partial charge in [-0.05, 0) is 132 Å². The van der Waals surface area contributed by atoms with Crippen molar-refractivity contribution >= 4 is 47.2 Å². The fourth-order valence-electron chi connectivity index (χ4n) is 7.31. The van der Waals surface area contributed by atoms with Crippen LogP contribution < -0.4 is 28.7 Å². The fourth-order valence-corrected chi connectivity index (χ4v) is 7.31. The van der Waals surface area contributed by atoms with Crippen molar-refractivity contribution < 1.29 is 38.1 Å². The molecule has 7 aromatic carbocycles. The van der Waals surface area contributed by atoms with Crippen LogP contribution in [0.1, 0.15) is 69.2 Å². The van der Waals surface area contributed by atoms with Gasteiger partial charge in [0.2, 0.25) is 0 Å². The SMILES string of the molecule is C=Cc1ccc(COc2ccc(N3C(=O)c4ccc(Oc5ccc(Oc6ccc7c(c6)C(=O)N(c6ccc(C)cc6OCc6ccc(C=C)cc6)C7=O)cc5)cc4C3=O)cc2)cc1. The van der Waals surface area contributed by atoms with E-state index in [1.165, 1.54) is 0 Å². The Labute approximate surface area is 363 Å². The lowest BCUT2D eigenvalue weighted by molar-refractivity contribution is 0.0909. The molecule has 0 saturated heterocycles. The number of rotatable bonds is 14. The molecule has 0 N–H and O–H groups in total. The van der Waals surface area contributed by atoms with Gasteiger partial charge in [0.15, 0.2) is 0 Å². The zero-order valence-corrected chi connectivity index (χ0v) is 34.1. The van der Waals surface area contributed by atoms with Crippen molar-refractivity contribution in [1.82, 2.24) is 0 Å². The minimum absolute atomic E-state index is 0.208. The number of anilines is 2.